The van der Waals surface area contributed by atoms with Crippen molar-refractivity contribution in [2.24, 2.45) is 0 Å². The van der Waals surface area contributed by atoms with Gasteiger partial charge in [0.15, 0.2) is 6.10 Å². The van der Waals surface area contributed by atoms with Crippen LogP contribution >= 0.6 is 0 Å². The van der Waals surface area contributed by atoms with E-state index in [1.165, 1.54) is 225 Å². The fourth-order valence-electron chi connectivity index (χ4n) is 8.95. The first-order valence-electron chi connectivity index (χ1n) is 29.8. The number of carbonyl (C=O) groups is 3. The van der Waals surface area contributed by atoms with E-state index < -0.39 is 6.10 Å². The van der Waals surface area contributed by atoms with Crippen LogP contribution < -0.4 is 0 Å². The van der Waals surface area contributed by atoms with Crippen molar-refractivity contribution in [3.8, 4) is 0 Å². The summed E-state index contributed by atoms with van der Waals surface area (Å²) < 4.78 is 16.9. The number of carbonyl (C=O) groups excluding carboxylic acids is 3. The smallest absolute Gasteiger partial charge is 0.306 e. The van der Waals surface area contributed by atoms with E-state index in [1.807, 2.05) is 0 Å². The summed E-state index contributed by atoms with van der Waals surface area (Å²) in [5.41, 5.74) is 0. The maximum absolute atomic E-state index is 12.8. The Morgan fingerprint density at radius 2 is 0.537 bits per heavy atom. The van der Waals surface area contributed by atoms with Crippen LogP contribution in [0, 0.1) is 0 Å². The first kappa shape index (κ1) is 64.9. The average molecular weight is 944 g/mol. The normalized spacial score (nSPS) is 12.1. The number of allylic oxidation sites excluding steroid dienone is 4. The number of hydrogen-bond acceptors (Lipinski definition) is 6. The van der Waals surface area contributed by atoms with E-state index in [0.29, 0.717) is 19.3 Å². The summed E-state index contributed by atoms with van der Waals surface area (Å²) in [5, 5.41) is 0. The SMILES string of the molecule is CCCCCCC/C=C\C/C=C\CCCCCCCCCCCCCC(=O)OCC(COC(=O)CCCCCCCCCCCCCC)OC(=O)CCCCCCCCCCCCCCCC. The molecule has 0 bridgehead atoms. The molecule has 0 aliphatic heterocycles. The Morgan fingerprint density at radius 1 is 0.299 bits per heavy atom. The number of hydrogen-bond donors (Lipinski definition) is 0. The molecule has 0 spiro atoms. The van der Waals surface area contributed by atoms with Gasteiger partial charge in [0.05, 0.1) is 0 Å². The summed E-state index contributed by atoms with van der Waals surface area (Å²) in [6.07, 6.45) is 66.0. The second kappa shape index (κ2) is 56.5. The topological polar surface area (TPSA) is 78.9 Å². The molecule has 1 unspecified atom stereocenters. The molecule has 0 aliphatic rings. The highest BCUT2D eigenvalue weighted by molar-refractivity contribution is 5.71. The van der Waals surface area contributed by atoms with Crippen LogP contribution in [0.1, 0.15) is 329 Å². The average Bonchev–Trinajstić information content (AvgIpc) is 3.33. The van der Waals surface area contributed by atoms with Gasteiger partial charge in [0.25, 0.3) is 0 Å². The second-order valence-electron chi connectivity index (χ2n) is 20.3. The molecule has 6 heteroatoms. The molecule has 0 rings (SSSR count). The van der Waals surface area contributed by atoms with Crippen LogP contribution in [0.3, 0.4) is 0 Å². The summed E-state index contributed by atoms with van der Waals surface area (Å²) in [7, 11) is 0. The summed E-state index contributed by atoms with van der Waals surface area (Å²) in [5.74, 6) is -0.846. The minimum Gasteiger partial charge on any atom is -0.462 e. The maximum Gasteiger partial charge on any atom is 0.306 e. The van der Waals surface area contributed by atoms with Crippen molar-refractivity contribution >= 4 is 17.9 Å². The first-order chi connectivity index (χ1) is 33.0. The lowest BCUT2D eigenvalue weighted by atomic mass is 10.0. The molecule has 1 atom stereocenters. The third-order valence-corrected chi connectivity index (χ3v) is 13.5. The highest BCUT2D eigenvalue weighted by atomic mass is 16.6. The van der Waals surface area contributed by atoms with E-state index in [-0.39, 0.29) is 31.1 Å². The van der Waals surface area contributed by atoms with Gasteiger partial charge in [-0.1, -0.05) is 283 Å². The molecule has 0 aromatic heterocycles. The lowest BCUT2D eigenvalue weighted by Crippen LogP contribution is -2.30. The molecule has 0 saturated carbocycles. The van der Waals surface area contributed by atoms with Crippen molar-refractivity contribution in [2.45, 2.75) is 335 Å². The third-order valence-electron chi connectivity index (χ3n) is 13.5. The monoisotopic (exact) mass is 943 g/mol. The standard InChI is InChI=1S/C61H114O6/c1-4-7-10-13-16-19-22-25-27-28-29-30-31-32-33-34-35-37-39-42-45-48-51-54-60(63)66-57-58(56-65-59(62)53-50-47-44-41-38-24-21-18-15-12-9-6-3)67-61(64)55-52-49-46-43-40-36-26-23-20-17-14-11-8-5-2/h22,25,28-29,58H,4-21,23-24,26-27,30-57H2,1-3H3/b25-22-,29-28-. The molecule has 0 N–H and O–H groups in total. The quantitative estimate of drug-likeness (QED) is 0.0262. The Balaban J connectivity index is 4.24. The zero-order chi connectivity index (χ0) is 48.6. The van der Waals surface area contributed by atoms with Gasteiger partial charge in [-0.05, 0) is 51.4 Å². The molecule has 67 heavy (non-hydrogen) atoms. The van der Waals surface area contributed by atoms with Crippen molar-refractivity contribution in [3.05, 3.63) is 24.3 Å². The second-order valence-corrected chi connectivity index (χ2v) is 20.3. The minimum absolute atomic E-state index is 0.0658. The van der Waals surface area contributed by atoms with E-state index in [1.54, 1.807) is 0 Å². The van der Waals surface area contributed by atoms with Gasteiger partial charge in [0.2, 0.25) is 0 Å². The van der Waals surface area contributed by atoms with Gasteiger partial charge in [-0.2, -0.15) is 0 Å². The number of rotatable bonds is 55. The van der Waals surface area contributed by atoms with Crippen LogP contribution in [0.5, 0.6) is 0 Å². The Bertz CT molecular complexity index is 1080. The van der Waals surface area contributed by atoms with Crippen LogP contribution in [-0.4, -0.2) is 37.2 Å². The van der Waals surface area contributed by atoms with E-state index in [0.717, 1.165) is 64.2 Å². The lowest BCUT2D eigenvalue weighted by molar-refractivity contribution is -0.167. The van der Waals surface area contributed by atoms with Gasteiger partial charge in [-0.3, -0.25) is 14.4 Å². The summed E-state index contributed by atoms with van der Waals surface area (Å²) in [6.45, 7) is 6.67. The number of ether oxygens (including phenoxy) is 3. The molecule has 0 saturated heterocycles. The Morgan fingerprint density at radius 3 is 0.821 bits per heavy atom. The van der Waals surface area contributed by atoms with Crippen molar-refractivity contribution in [2.75, 3.05) is 13.2 Å². The summed E-state index contributed by atoms with van der Waals surface area (Å²) >= 11 is 0. The molecule has 0 aromatic carbocycles. The molecule has 6 nitrogen and oxygen atoms in total. The minimum atomic E-state index is -0.766. The van der Waals surface area contributed by atoms with Crippen LogP contribution in [0.15, 0.2) is 24.3 Å². The molecular formula is C61H114O6. The predicted molar refractivity (Wildman–Crippen MR) is 289 cm³/mol. The molecule has 0 radical (unpaired) electrons. The van der Waals surface area contributed by atoms with Gasteiger partial charge in [-0.15, -0.1) is 0 Å². The van der Waals surface area contributed by atoms with Crippen molar-refractivity contribution in [3.63, 3.8) is 0 Å². The highest BCUT2D eigenvalue weighted by Crippen LogP contribution is 2.17. The van der Waals surface area contributed by atoms with E-state index in [9.17, 15) is 14.4 Å². The van der Waals surface area contributed by atoms with Gasteiger partial charge < -0.3 is 14.2 Å². The Hall–Kier alpha value is -2.11. The molecular weight excluding hydrogens is 829 g/mol. The van der Waals surface area contributed by atoms with E-state index >= 15 is 0 Å². The third kappa shape index (κ3) is 54.7. The number of unbranched alkanes of at least 4 members (excludes halogenated alkanes) is 40. The molecule has 0 aromatic rings. The maximum atomic E-state index is 12.8. The molecule has 0 heterocycles. The Kier molecular flexibility index (Phi) is 54.7. The molecule has 0 amide bonds. The fourth-order valence-corrected chi connectivity index (χ4v) is 8.95. The predicted octanol–water partition coefficient (Wildman–Crippen LogP) is 19.9. The Labute approximate surface area is 417 Å². The largest absolute Gasteiger partial charge is 0.462 e. The molecule has 0 aliphatic carbocycles. The van der Waals surface area contributed by atoms with E-state index in [4.69, 9.17) is 14.2 Å². The zero-order valence-corrected chi connectivity index (χ0v) is 45.2. The zero-order valence-electron chi connectivity index (χ0n) is 45.2. The molecule has 0 fully saturated rings. The van der Waals surface area contributed by atoms with E-state index in [2.05, 4.69) is 45.1 Å². The highest BCUT2D eigenvalue weighted by Gasteiger charge is 2.19. The first-order valence-corrected chi connectivity index (χ1v) is 29.8. The van der Waals surface area contributed by atoms with Crippen molar-refractivity contribution in [1.82, 2.24) is 0 Å². The van der Waals surface area contributed by atoms with Crippen molar-refractivity contribution in [1.29, 1.82) is 0 Å². The number of esters is 3. The van der Waals surface area contributed by atoms with Crippen molar-refractivity contribution < 1.29 is 28.6 Å². The van der Waals surface area contributed by atoms with Gasteiger partial charge in [0, 0.05) is 19.3 Å². The van der Waals surface area contributed by atoms with Gasteiger partial charge in [-0.25, -0.2) is 0 Å². The fraction of sp³-hybridized carbons (Fsp3) is 0.885. The molecule has 394 valence electrons. The van der Waals surface area contributed by atoms with Crippen LogP contribution in [-0.2, 0) is 28.6 Å². The van der Waals surface area contributed by atoms with Crippen LogP contribution in [0.25, 0.3) is 0 Å². The van der Waals surface area contributed by atoms with Gasteiger partial charge in [0.1, 0.15) is 13.2 Å². The van der Waals surface area contributed by atoms with Crippen LogP contribution in [0.2, 0.25) is 0 Å². The van der Waals surface area contributed by atoms with Crippen LogP contribution in [0.4, 0.5) is 0 Å². The summed E-state index contributed by atoms with van der Waals surface area (Å²) in [4.78, 5) is 38.1. The van der Waals surface area contributed by atoms with Gasteiger partial charge >= 0.3 is 17.9 Å². The lowest BCUT2D eigenvalue weighted by Gasteiger charge is -2.18. The summed E-state index contributed by atoms with van der Waals surface area (Å²) in [6, 6.07) is 0.